The number of aromatic nitrogens is 5. The van der Waals surface area contributed by atoms with E-state index in [9.17, 15) is 18.4 Å². The van der Waals surface area contributed by atoms with Crippen molar-refractivity contribution in [3.63, 3.8) is 0 Å². The van der Waals surface area contributed by atoms with Crippen LogP contribution in [-0.4, -0.2) is 55.4 Å². The number of alkyl halides is 2. The van der Waals surface area contributed by atoms with E-state index in [1.165, 1.54) is 6.07 Å². The smallest absolute Gasteiger partial charge is 0.359 e. The molecule has 11 nitrogen and oxygen atoms in total. The van der Waals surface area contributed by atoms with Gasteiger partial charge in [-0.1, -0.05) is 12.6 Å². The van der Waals surface area contributed by atoms with Crippen molar-refractivity contribution in [2.75, 3.05) is 18.5 Å². The van der Waals surface area contributed by atoms with Crippen LogP contribution in [-0.2, 0) is 18.4 Å². The highest BCUT2D eigenvalue weighted by Crippen LogP contribution is 2.32. The minimum Gasteiger partial charge on any atom is -0.483 e. The molecule has 5 rings (SSSR count). The Morgan fingerprint density at radius 2 is 2.10 bits per heavy atom. The van der Waals surface area contributed by atoms with Crippen LogP contribution in [0.5, 0.6) is 11.6 Å². The van der Waals surface area contributed by atoms with E-state index >= 15 is 0 Å². The van der Waals surface area contributed by atoms with Crippen LogP contribution in [0.25, 0.3) is 22.3 Å². The van der Waals surface area contributed by atoms with Crippen LogP contribution in [0.3, 0.4) is 0 Å². The number of hydrogen-bond acceptors (Lipinski definition) is 7. The second kappa shape index (κ2) is 11.4. The number of ether oxygens (including phenoxy) is 2. The molecule has 214 valence electrons. The summed E-state index contributed by atoms with van der Waals surface area (Å²) in [6.45, 7) is 4.74. The van der Waals surface area contributed by atoms with Crippen molar-refractivity contribution in [1.82, 2.24) is 29.6 Å². The molecule has 0 saturated heterocycles. The summed E-state index contributed by atoms with van der Waals surface area (Å²) in [5.74, 6) is -0.498. The van der Waals surface area contributed by atoms with E-state index in [-0.39, 0.29) is 11.7 Å². The molecule has 0 radical (unpaired) electrons. The van der Waals surface area contributed by atoms with E-state index in [0.29, 0.717) is 59.0 Å². The van der Waals surface area contributed by atoms with Crippen molar-refractivity contribution in [2.24, 2.45) is 7.05 Å². The number of fused-ring (bicyclic) bond motifs is 7. The van der Waals surface area contributed by atoms with Gasteiger partial charge in [-0.25, -0.2) is 9.67 Å². The number of benzene rings is 1. The predicted octanol–water partition coefficient (Wildman–Crippen LogP) is 4.23. The van der Waals surface area contributed by atoms with Gasteiger partial charge in [-0.15, -0.1) is 0 Å². The molecule has 0 saturated carbocycles. The first-order valence-electron chi connectivity index (χ1n) is 13.0. The Hall–Kier alpha value is -4.81. The number of halogens is 2. The third-order valence-corrected chi connectivity index (χ3v) is 6.50. The number of pyridine rings is 1. The number of nitrogens with one attached hydrogen (secondary N) is 2. The maximum Gasteiger partial charge on any atom is 0.359 e. The topological polar surface area (TPSA) is 125 Å². The van der Waals surface area contributed by atoms with E-state index in [0.717, 1.165) is 18.9 Å². The van der Waals surface area contributed by atoms with E-state index in [4.69, 9.17) is 9.47 Å². The molecular weight excluding hydrogens is 536 g/mol. The summed E-state index contributed by atoms with van der Waals surface area (Å²) < 4.78 is 43.5. The Morgan fingerprint density at radius 1 is 1.27 bits per heavy atom. The predicted molar refractivity (Wildman–Crippen MR) is 147 cm³/mol. The van der Waals surface area contributed by atoms with Crippen LogP contribution in [0, 0.1) is 6.92 Å². The molecule has 0 atom stereocenters. The van der Waals surface area contributed by atoms with Crippen molar-refractivity contribution < 1.29 is 27.8 Å². The van der Waals surface area contributed by atoms with Crippen molar-refractivity contribution in [3.05, 3.63) is 60.4 Å². The Balaban J connectivity index is 1.51. The molecule has 41 heavy (non-hydrogen) atoms. The van der Waals surface area contributed by atoms with E-state index < -0.39 is 24.5 Å². The molecule has 1 aromatic carbocycles. The fraction of sp³-hybridized carbons (Fsp3) is 0.321. The zero-order valence-corrected chi connectivity index (χ0v) is 22.6. The lowest BCUT2D eigenvalue weighted by atomic mass is 10.1. The molecule has 2 N–H and O–H groups in total. The molecular formula is C28H29F2N7O4. The van der Waals surface area contributed by atoms with Crippen LogP contribution in [0.1, 0.15) is 35.3 Å². The van der Waals surface area contributed by atoms with Crippen LogP contribution >= 0.6 is 0 Å². The van der Waals surface area contributed by atoms with Gasteiger partial charge in [0.25, 0.3) is 5.91 Å². The molecule has 4 aromatic rings. The number of carbonyl (C=O) groups excluding carboxylic acids is 2. The van der Waals surface area contributed by atoms with Crippen molar-refractivity contribution in [2.45, 2.75) is 38.8 Å². The van der Waals surface area contributed by atoms with Gasteiger partial charge < -0.3 is 14.0 Å². The molecule has 3 aromatic heterocycles. The van der Waals surface area contributed by atoms with Gasteiger partial charge in [0.2, 0.25) is 17.7 Å². The van der Waals surface area contributed by atoms with Gasteiger partial charge in [0.15, 0.2) is 6.61 Å². The number of rotatable bonds is 5. The monoisotopic (exact) mass is 565 g/mol. The summed E-state index contributed by atoms with van der Waals surface area (Å²) in [5, 5.41) is 8.73. The summed E-state index contributed by atoms with van der Waals surface area (Å²) in [6.07, 6.45) is 4.62. The first-order chi connectivity index (χ1) is 19.6. The minimum atomic E-state index is -3.63. The Kier molecular flexibility index (Phi) is 7.68. The maximum atomic E-state index is 14.3. The number of anilines is 1. The molecule has 0 unspecified atom stereocenters. The molecule has 0 spiro atoms. The number of carbonyl (C=O) groups is 2. The number of imidazole rings is 1. The Bertz CT molecular complexity index is 1630. The Morgan fingerprint density at radius 3 is 2.90 bits per heavy atom. The number of aryl methyl sites for hydroxylation is 3. The maximum absolute atomic E-state index is 14.3. The highest BCUT2D eigenvalue weighted by atomic mass is 19.3. The molecule has 1 aliphatic heterocycles. The molecule has 0 fully saturated rings. The first kappa shape index (κ1) is 27.7. The molecule has 4 heterocycles. The highest BCUT2D eigenvalue weighted by Gasteiger charge is 2.32. The molecule has 13 heteroatoms. The average Bonchev–Trinajstić information content (AvgIpc) is 3.48. The number of para-hydroxylation sites is 1. The van der Waals surface area contributed by atoms with Crippen LogP contribution in [0.2, 0.25) is 0 Å². The zero-order chi connectivity index (χ0) is 29.1. The normalized spacial score (nSPS) is 14.1. The van der Waals surface area contributed by atoms with Gasteiger partial charge in [-0.3, -0.25) is 25.2 Å². The molecule has 1 aliphatic rings. The van der Waals surface area contributed by atoms with Gasteiger partial charge in [0, 0.05) is 24.8 Å². The molecule has 2 amide bonds. The summed E-state index contributed by atoms with van der Waals surface area (Å²) in [4.78, 5) is 34.1. The zero-order valence-electron chi connectivity index (χ0n) is 22.6. The summed E-state index contributed by atoms with van der Waals surface area (Å²) in [7, 11) is 1.78. The van der Waals surface area contributed by atoms with Gasteiger partial charge in [0.05, 0.1) is 29.6 Å². The van der Waals surface area contributed by atoms with Gasteiger partial charge in [-0.2, -0.15) is 13.9 Å². The van der Waals surface area contributed by atoms with Gasteiger partial charge in [0.1, 0.15) is 11.3 Å². The molecule has 0 aliphatic carbocycles. The quantitative estimate of drug-likeness (QED) is 0.274. The minimum absolute atomic E-state index is 0.134. The summed E-state index contributed by atoms with van der Waals surface area (Å²) >= 11 is 0. The fourth-order valence-corrected chi connectivity index (χ4v) is 4.62. The van der Waals surface area contributed by atoms with Gasteiger partial charge >= 0.3 is 6.05 Å². The third kappa shape index (κ3) is 6.03. The second-order valence-corrected chi connectivity index (χ2v) is 9.63. The summed E-state index contributed by atoms with van der Waals surface area (Å²) in [5.41, 5.74) is 3.09. The molecule has 2 bridgehead atoms. The third-order valence-electron chi connectivity index (χ3n) is 6.50. The lowest BCUT2D eigenvalue weighted by molar-refractivity contribution is -0.131. The lowest BCUT2D eigenvalue weighted by Gasteiger charge is -2.18. The first-order valence-corrected chi connectivity index (χ1v) is 13.0. The number of nitrogens with zero attached hydrogens (tertiary/aromatic N) is 5. The highest BCUT2D eigenvalue weighted by molar-refractivity contribution is 6.05. The average molecular weight is 566 g/mol. The van der Waals surface area contributed by atoms with Crippen molar-refractivity contribution in [1.29, 1.82) is 0 Å². The van der Waals surface area contributed by atoms with Crippen LogP contribution in [0.15, 0.2) is 49.2 Å². The Labute approximate surface area is 234 Å². The second-order valence-electron chi connectivity index (χ2n) is 9.63. The van der Waals surface area contributed by atoms with E-state index in [1.54, 1.807) is 59.0 Å². The number of amides is 2. The standard InChI is InChI=1S/C28H29F2N7O4/c1-4-23(38)35-28(29,30)16-41-22-10-8-9-20-24(22)37-11-6-5-7-12-40-26-19(15-31-36(26)3)21-14-18(13-17(2)32-21)25(39)34-27(37)33-20/h4,8-10,13-15H,1,5-7,11-12,16H2,2-3H3,(H,35,38)(H,33,34,39). The van der Waals surface area contributed by atoms with E-state index in [1.807, 2.05) is 0 Å². The van der Waals surface area contributed by atoms with Crippen LogP contribution < -0.4 is 20.1 Å². The SMILES string of the molecule is C=CC(=O)NC(F)(F)COc1cccc2nc3n(c12)CCCCCOc1c(cnn1C)-c1cc(cc(C)n1)C(=O)N3. The van der Waals surface area contributed by atoms with Gasteiger partial charge in [-0.05, 0) is 56.5 Å². The van der Waals surface area contributed by atoms with Crippen molar-refractivity contribution in [3.8, 4) is 22.9 Å². The number of hydrogen-bond donors (Lipinski definition) is 2. The lowest BCUT2D eigenvalue weighted by Crippen LogP contribution is -2.44. The van der Waals surface area contributed by atoms with E-state index in [2.05, 4.69) is 27.0 Å². The fourth-order valence-electron chi connectivity index (χ4n) is 4.62. The largest absolute Gasteiger partial charge is 0.483 e. The summed E-state index contributed by atoms with van der Waals surface area (Å²) in [6, 6.07) is 4.55. The van der Waals surface area contributed by atoms with Crippen molar-refractivity contribution >= 4 is 28.8 Å². The van der Waals surface area contributed by atoms with Crippen LogP contribution in [0.4, 0.5) is 14.7 Å².